The summed E-state index contributed by atoms with van der Waals surface area (Å²) in [5.74, 6) is 0. The third-order valence-electron chi connectivity index (χ3n) is 3.63. The molecule has 4 heteroatoms. The Labute approximate surface area is 115 Å². The number of hydrogen-bond acceptors (Lipinski definition) is 3. The van der Waals surface area contributed by atoms with Crippen molar-refractivity contribution in [3.63, 3.8) is 0 Å². The molecule has 0 aliphatic heterocycles. The van der Waals surface area contributed by atoms with Gasteiger partial charge in [-0.15, -0.1) is 0 Å². The minimum Gasteiger partial charge on any atom is -0.393 e. The van der Waals surface area contributed by atoms with E-state index in [0.717, 1.165) is 25.7 Å². The van der Waals surface area contributed by atoms with E-state index in [9.17, 15) is 0 Å². The molecule has 0 saturated heterocycles. The van der Waals surface area contributed by atoms with E-state index in [-0.39, 0.29) is 5.41 Å². The van der Waals surface area contributed by atoms with Crippen LogP contribution in [0.2, 0.25) is 0 Å². The smallest absolute Gasteiger partial charge is 0.0727 e. The summed E-state index contributed by atoms with van der Waals surface area (Å²) in [6, 6.07) is 0.313. The molecule has 2 nitrogen and oxygen atoms in total. The number of hydrogen-bond donors (Lipinski definition) is 1. The molecule has 1 fully saturated rings. The van der Waals surface area contributed by atoms with Crippen LogP contribution in [0.15, 0.2) is 4.99 Å². The lowest BCUT2D eigenvalue weighted by atomic mass is 9.61. The predicted octanol–water partition coefficient (Wildman–Crippen LogP) is 3.74. The Morgan fingerprint density at radius 1 is 1.41 bits per heavy atom. The summed E-state index contributed by atoms with van der Waals surface area (Å²) in [5, 5.41) is 2.54. The largest absolute Gasteiger partial charge is 0.393 e. The van der Waals surface area contributed by atoms with Crippen LogP contribution in [0.4, 0.5) is 0 Å². The van der Waals surface area contributed by atoms with Gasteiger partial charge in [-0.2, -0.15) is 0 Å². The molecule has 2 atom stereocenters. The fourth-order valence-electron chi connectivity index (χ4n) is 3.36. The van der Waals surface area contributed by atoms with E-state index in [0.29, 0.717) is 16.4 Å². The molecule has 0 aromatic heterocycles. The summed E-state index contributed by atoms with van der Waals surface area (Å²) in [4.78, 5) is 4.92. The molecule has 2 unspecified atom stereocenters. The summed E-state index contributed by atoms with van der Waals surface area (Å²) >= 11 is 9.71. The molecule has 0 radical (unpaired) electrons. The lowest BCUT2D eigenvalue weighted by Gasteiger charge is -2.45. The first-order chi connectivity index (χ1) is 7.76. The van der Waals surface area contributed by atoms with Gasteiger partial charge in [-0.1, -0.05) is 33.0 Å². The lowest BCUT2D eigenvalue weighted by molar-refractivity contribution is 0.0787. The van der Waals surface area contributed by atoms with E-state index < -0.39 is 0 Å². The molecular formula is C13H22N2S2. The Bertz CT molecular complexity index is 345. The summed E-state index contributed by atoms with van der Waals surface area (Å²) < 4.78 is 0. The molecule has 0 aromatic rings. The van der Waals surface area contributed by atoms with E-state index in [4.69, 9.17) is 30.2 Å². The third-order valence-corrected chi connectivity index (χ3v) is 3.94. The second-order valence-electron chi connectivity index (χ2n) is 6.40. The number of rotatable bonds is 4. The van der Waals surface area contributed by atoms with Crippen LogP contribution in [0, 0.1) is 10.8 Å². The molecular weight excluding hydrogens is 248 g/mol. The van der Waals surface area contributed by atoms with Crippen LogP contribution in [0.25, 0.3) is 0 Å². The van der Waals surface area contributed by atoms with Gasteiger partial charge >= 0.3 is 0 Å². The Hall–Kier alpha value is -0.310. The summed E-state index contributed by atoms with van der Waals surface area (Å²) in [7, 11) is 0. The maximum absolute atomic E-state index is 5.61. The van der Waals surface area contributed by atoms with Gasteiger partial charge in [0, 0.05) is 0 Å². The second-order valence-corrected chi connectivity index (χ2v) is 7.11. The van der Waals surface area contributed by atoms with Crippen LogP contribution in [0.1, 0.15) is 52.9 Å². The minimum atomic E-state index is 0.269. The molecule has 2 N–H and O–H groups in total. The highest BCUT2D eigenvalue weighted by Gasteiger charge is 2.40. The van der Waals surface area contributed by atoms with E-state index in [1.807, 2.05) is 0 Å². The first kappa shape index (κ1) is 14.7. The highest BCUT2D eigenvalue weighted by Crippen LogP contribution is 2.49. The van der Waals surface area contributed by atoms with E-state index in [2.05, 4.69) is 30.9 Å². The van der Waals surface area contributed by atoms with Crippen LogP contribution in [-0.4, -0.2) is 16.2 Å². The molecule has 0 aromatic carbocycles. The normalized spacial score (nSPS) is 31.6. The zero-order valence-electron chi connectivity index (χ0n) is 11.0. The Morgan fingerprint density at radius 2 is 2.06 bits per heavy atom. The average Bonchev–Trinajstić information content (AvgIpc) is 2.12. The second kappa shape index (κ2) is 5.55. The van der Waals surface area contributed by atoms with Crippen LogP contribution in [0.5, 0.6) is 0 Å². The first-order valence-corrected chi connectivity index (χ1v) is 6.93. The topological polar surface area (TPSA) is 38.4 Å². The van der Waals surface area contributed by atoms with Gasteiger partial charge in [0.1, 0.15) is 0 Å². The van der Waals surface area contributed by atoms with Gasteiger partial charge in [-0.25, -0.2) is 4.99 Å². The first-order valence-electron chi connectivity index (χ1n) is 6.12. The number of nitrogens with two attached hydrogens (primary N) is 1. The average molecular weight is 270 g/mol. The molecule has 0 amide bonds. The molecule has 96 valence electrons. The lowest BCUT2D eigenvalue weighted by Crippen LogP contribution is -2.38. The van der Waals surface area contributed by atoms with Gasteiger partial charge in [-0.05, 0) is 55.2 Å². The van der Waals surface area contributed by atoms with Crippen molar-refractivity contribution in [2.24, 2.45) is 21.6 Å². The zero-order valence-corrected chi connectivity index (χ0v) is 12.6. The number of aliphatic imine (C=N–C) groups is 1. The van der Waals surface area contributed by atoms with Crippen molar-refractivity contribution < 1.29 is 0 Å². The van der Waals surface area contributed by atoms with Crippen LogP contribution in [-0.2, 0) is 0 Å². The fourth-order valence-corrected chi connectivity index (χ4v) is 3.61. The van der Waals surface area contributed by atoms with Crippen LogP contribution >= 0.6 is 24.4 Å². The van der Waals surface area contributed by atoms with Crippen LogP contribution < -0.4 is 5.73 Å². The van der Waals surface area contributed by atoms with Gasteiger partial charge < -0.3 is 5.73 Å². The van der Waals surface area contributed by atoms with E-state index in [1.54, 1.807) is 0 Å². The molecule has 0 bridgehead atoms. The Morgan fingerprint density at radius 3 is 2.59 bits per heavy atom. The summed E-state index contributed by atoms with van der Waals surface area (Å²) in [5.41, 5.74) is 6.19. The summed E-state index contributed by atoms with van der Waals surface area (Å²) in [6.07, 6.45) is 5.25. The SMILES string of the molecule is CC1(C)CC(N=C=S)CC(C)(CCC(N)=S)C1. The van der Waals surface area contributed by atoms with E-state index in [1.165, 1.54) is 6.42 Å². The van der Waals surface area contributed by atoms with Gasteiger partial charge in [0.2, 0.25) is 0 Å². The molecule has 1 saturated carbocycles. The highest BCUT2D eigenvalue weighted by molar-refractivity contribution is 7.80. The molecule has 0 spiro atoms. The monoisotopic (exact) mass is 270 g/mol. The molecule has 0 heterocycles. The van der Waals surface area contributed by atoms with Gasteiger partial charge in [0.05, 0.1) is 16.2 Å². The van der Waals surface area contributed by atoms with Gasteiger partial charge in [0.25, 0.3) is 0 Å². The quantitative estimate of drug-likeness (QED) is 0.625. The maximum Gasteiger partial charge on any atom is 0.0727 e. The summed E-state index contributed by atoms with van der Waals surface area (Å²) in [6.45, 7) is 6.92. The fraction of sp³-hybridized carbons (Fsp3) is 0.846. The van der Waals surface area contributed by atoms with E-state index >= 15 is 0 Å². The van der Waals surface area contributed by atoms with Gasteiger partial charge in [-0.3, -0.25) is 0 Å². The van der Waals surface area contributed by atoms with Gasteiger partial charge in [0.15, 0.2) is 0 Å². The Kier molecular flexibility index (Phi) is 4.82. The van der Waals surface area contributed by atoms with Crippen molar-refractivity contribution in [1.29, 1.82) is 0 Å². The van der Waals surface area contributed by atoms with Crippen molar-refractivity contribution in [3.05, 3.63) is 0 Å². The van der Waals surface area contributed by atoms with Crippen molar-refractivity contribution >= 4 is 34.6 Å². The number of nitrogens with zero attached hydrogens (tertiary/aromatic N) is 1. The maximum atomic E-state index is 5.61. The standard InChI is InChI=1S/C13H22N2S2/c1-12(2)6-10(15-9-16)7-13(3,8-12)5-4-11(14)17/h10H,4-8H2,1-3H3,(H2,14,17). The minimum absolute atomic E-state index is 0.269. The van der Waals surface area contributed by atoms with Crippen molar-refractivity contribution in [3.8, 4) is 0 Å². The zero-order chi connectivity index (χ0) is 13.1. The third kappa shape index (κ3) is 4.82. The van der Waals surface area contributed by atoms with Crippen molar-refractivity contribution in [1.82, 2.24) is 0 Å². The molecule has 17 heavy (non-hydrogen) atoms. The van der Waals surface area contributed by atoms with Crippen molar-refractivity contribution in [2.75, 3.05) is 0 Å². The molecule has 1 rings (SSSR count). The molecule has 1 aliphatic rings. The predicted molar refractivity (Wildman–Crippen MR) is 80.6 cm³/mol. The van der Waals surface area contributed by atoms with Crippen LogP contribution in [0.3, 0.4) is 0 Å². The number of thiocarbonyl (C=S) groups is 2. The molecule has 1 aliphatic carbocycles. The highest BCUT2D eigenvalue weighted by atomic mass is 32.1. The Balaban J connectivity index is 2.76. The van der Waals surface area contributed by atoms with Crippen molar-refractivity contribution in [2.45, 2.75) is 58.9 Å². The number of isothiocyanates is 1.